The fourth-order valence-electron chi connectivity index (χ4n) is 4.26. The van der Waals surface area contributed by atoms with Gasteiger partial charge < -0.3 is 34.2 Å². The summed E-state index contributed by atoms with van der Waals surface area (Å²) >= 11 is 6.91. The Morgan fingerprint density at radius 1 is 1.27 bits per heavy atom. The van der Waals surface area contributed by atoms with E-state index in [0.29, 0.717) is 44.7 Å². The molecule has 11 nitrogen and oxygen atoms in total. The highest BCUT2D eigenvalue weighted by Crippen LogP contribution is 2.48. The van der Waals surface area contributed by atoms with Gasteiger partial charge in [0.15, 0.2) is 5.82 Å². The van der Waals surface area contributed by atoms with E-state index in [1.165, 1.54) is 24.9 Å². The Labute approximate surface area is 271 Å². The number of thioether (sulfide) groups is 1. The van der Waals surface area contributed by atoms with Gasteiger partial charge in [-0.3, -0.25) is 0 Å². The first-order chi connectivity index (χ1) is 20.5. The van der Waals surface area contributed by atoms with Gasteiger partial charge in [0.05, 0.1) is 37.6 Å². The average molecular weight is 667 g/mol. The zero-order valence-corrected chi connectivity index (χ0v) is 30.0. The van der Waals surface area contributed by atoms with E-state index >= 15 is 0 Å². The first kappa shape index (κ1) is 37.2. The van der Waals surface area contributed by atoms with Crippen LogP contribution in [0.25, 0.3) is 0 Å². The van der Waals surface area contributed by atoms with Crippen molar-refractivity contribution >= 4 is 49.2 Å². The summed E-state index contributed by atoms with van der Waals surface area (Å²) in [6.45, 7) is 20.3. The lowest BCUT2D eigenvalue weighted by Crippen LogP contribution is -2.48. The molecule has 0 radical (unpaired) electrons. The SMILES string of the molecule is C=CCOC(=O)NCc1noc(C(CS[C@@H](N)c2c(O[Si](C)(C)C(C)(C)C(C)C)cc(OC)c(C)c2C(=O)OC)C(C)=S)n1. The summed E-state index contributed by atoms with van der Waals surface area (Å²) < 4.78 is 28.1. The third-order valence-corrected chi connectivity index (χ3v) is 14.1. The van der Waals surface area contributed by atoms with E-state index in [4.69, 9.17) is 41.1 Å². The van der Waals surface area contributed by atoms with E-state index in [-0.39, 0.29) is 29.9 Å². The standard InChI is InChI=1S/C30H46N4O7S2Si/c1-12-13-39-29(36)32-15-23-33-27(40-34-23)20(19(5)42)16-43-26(31)25-22(41-44(10,11)30(6,7)17(2)3)14-21(37-8)18(4)24(25)28(35)38-9/h12,14,17,20,26H,1,13,15-16,31H2,2-11H3,(H,32,36)/t20?,26-/m1/s1. The maximum absolute atomic E-state index is 13.2. The van der Waals surface area contributed by atoms with Gasteiger partial charge in [0.1, 0.15) is 18.1 Å². The number of benzene rings is 1. The van der Waals surface area contributed by atoms with Gasteiger partial charge in [-0.25, -0.2) is 9.59 Å². The molecule has 14 heteroatoms. The Morgan fingerprint density at radius 3 is 2.48 bits per heavy atom. The lowest BCUT2D eigenvalue weighted by Gasteiger charge is -2.43. The van der Waals surface area contributed by atoms with Crippen LogP contribution in [-0.2, 0) is 16.0 Å². The molecule has 0 bridgehead atoms. The Kier molecular flexibility index (Phi) is 13.4. The molecule has 244 valence electrons. The predicted molar refractivity (Wildman–Crippen MR) is 179 cm³/mol. The van der Waals surface area contributed by atoms with Crippen LogP contribution in [-0.4, -0.2) is 62.0 Å². The van der Waals surface area contributed by atoms with Gasteiger partial charge in [-0.15, -0.1) is 11.8 Å². The molecule has 1 heterocycles. The summed E-state index contributed by atoms with van der Waals surface area (Å²) in [7, 11) is 0.440. The second kappa shape index (κ2) is 15.9. The molecule has 1 amide bonds. The molecule has 0 saturated heterocycles. The van der Waals surface area contributed by atoms with Gasteiger partial charge in [-0.05, 0) is 37.9 Å². The number of nitrogens with one attached hydrogen (secondary N) is 1. The monoisotopic (exact) mass is 666 g/mol. The molecule has 3 N–H and O–H groups in total. The minimum absolute atomic E-state index is 0.00996. The molecule has 44 heavy (non-hydrogen) atoms. The normalized spacial score (nSPS) is 13.2. The van der Waals surface area contributed by atoms with Crippen LogP contribution in [0.4, 0.5) is 4.79 Å². The average Bonchev–Trinajstić information content (AvgIpc) is 3.42. The number of carbonyl (C=O) groups is 2. The number of esters is 1. The van der Waals surface area contributed by atoms with Crippen molar-refractivity contribution in [1.29, 1.82) is 0 Å². The molecular formula is C30H46N4O7S2Si. The lowest BCUT2D eigenvalue weighted by molar-refractivity contribution is 0.0597. The van der Waals surface area contributed by atoms with Gasteiger partial charge in [0.25, 0.3) is 8.32 Å². The summed E-state index contributed by atoms with van der Waals surface area (Å²) in [5.41, 5.74) is 8.29. The molecule has 0 saturated carbocycles. The van der Waals surface area contributed by atoms with Crippen molar-refractivity contribution in [2.75, 3.05) is 26.6 Å². The highest BCUT2D eigenvalue weighted by molar-refractivity contribution is 7.99. The Balaban J connectivity index is 2.46. The molecule has 2 aromatic rings. The first-order valence-electron chi connectivity index (χ1n) is 14.2. The first-order valence-corrected chi connectivity index (χ1v) is 18.6. The zero-order valence-electron chi connectivity index (χ0n) is 27.4. The molecule has 0 fully saturated rings. The van der Waals surface area contributed by atoms with Gasteiger partial charge >= 0.3 is 12.1 Å². The fourth-order valence-corrected chi connectivity index (χ4v) is 8.12. The molecule has 0 spiro atoms. The van der Waals surface area contributed by atoms with Crippen molar-refractivity contribution in [2.45, 2.75) is 77.5 Å². The van der Waals surface area contributed by atoms with Crippen molar-refractivity contribution in [1.82, 2.24) is 15.5 Å². The number of ether oxygens (including phenoxy) is 3. The van der Waals surface area contributed by atoms with Crippen molar-refractivity contribution in [3.05, 3.63) is 47.1 Å². The Hall–Kier alpha value is -2.94. The van der Waals surface area contributed by atoms with E-state index < -0.39 is 31.7 Å². The van der Waals surface area contributed by atoms with Crippen LogP contribution in [0.3, 0.4) is 0 Å². The van der Waals surface area contributed by atoms with Gasteiger partial charge in [0.2, 0.25) is 5.89 Å². The summed E-state index contributed by atoms with van der Waals surface area (Å²) in [6.07, 6.45) is 0.838. The number of hydrogen-bond acceptors (Lipinski definition) is 12. The molecule has 1 aromatic carbocycles. The summed E-state index contributed by atoms with van der Waals surface area (Å²) in [6, 6.07) is 1.81. The number of carbonyl (C=O) groups excluding carboxylic acids is 2. The van der Waals surface area contributed by atoms with Gasteiger partial charge in [0, 0.05) is 27.8 Å². The summed E-state index contributed by atoms with van der Waals surface area (Å²) in [5.74, 6) is 1.30. The Bertz CT molecular complexity index is 1350. The smallest absolute Gasteiger partial charge is 0.407 e. The van der Waals surface area contributed by atoms with E-state index in [1.54, 1.807) is 21.0 Å². The van der Waals surface area contributed by atoms with Gasteiger partial charge in [-0.1, -0.05) is 57.7 Å². The highest BCUT2D eigenvalue weighted by Gasteiger charge is 2.46. The topological polar surface area (TPSA) is 148 Å². The third kappa shape index (κ3) is 8.83. The molecule has 1 unspecified atom stereocenters. The summed E-state index contributed by atoms with van der Waals surface area (Å²) in [5, 5.41) is 5.68. The van der Waals surface area contributed by atoms with Crippen LogP contribution in [0, 0.1) is 12.8 Å². The van der Waals surface area contributed by atoms with Crippen molar-refractivity contribution in [2.24, 2.45) is 11.7 Å². The van der Waals surface area contributed by atoms with Gasteiger partial charge in [-0.2, -0.15) is 4.98 Å². The van der Waals surface area contributed by atoms with E-state index in [9.17, 15) is 9.59 Å². The number of nitrogens with zero attached hydrogens (tertiary/aromatic N) is 2. The number of thiocarbonyl (C=S) groups is 1. The number of alkyl carbamates (subject to hydrolysis) is 1. The van der Waals surface area contributed by atoms with E-state index in [2.05, 4.69) is 62.8 Å². The predicted octanol–water partition coefficient (Wildman–Crippen LogP) is 6.47. The lowest BCUT2D eigenvalue weighted by atomic mass is 9.99. The molecular weight excluding hydrogens is 621 g/mol. The number of amides is 1. The maximum atomic E-state index is 13.2. The molecule has 1 aromatic heterocycles. The summed E-state index contributed by atoms with van der Waals surface area (Å²) in [4.78, 5) is 30.0. The van der Waals surface area contributed by atoms with Crippen molar-refractivity contribution in [3.63, 3.8) is 0 Å². The van der Waals surface area contributed by atoms with E-state index in [1.807, 2.05) is 6.07 Å². The maximum Gasteiger partial charge on any atom is 0.407 e. The third-order valence-electron chi connectivity index (χ3n) is 8.23. The molecule has 0 aliphatic rings. The second-order valence-corrected chi connectivity index (χ2v) is 18.0. The van der Waals surface area contributed by atoms with Crippen LogP contribution >= 0.6 is 24.0 Å². The number of aromatic nitrogens is 2. The number of methoxy groups -OCH3 is 2. The molecule has 0 aliphatic heterocycles. The highest BCUT2D eigenvalue weighted by atomic mass is 32.2. The number of hydrogen-bond donors (Lipinski definition) is 2. The second-order valence-electron chi connectivity index (χ2n) is 11.7. The minimum atomic E-state index is -2.44. The number of rotatable bonds is 16. The van der Waals surface area contributed by atoms with Crippen LogP contribution in [0.5, 0.6) is 11.5 Å². The van der Waals surface area contributed by atoms with Crippen molar-refractivity contribution in [3.8, 4) is 11.5 Å². The van der Waals surface area contributed by atoms with Crippen LogP contribution in [0.1, 0.15) is 79.1 Å². The molecule has 2 atom stereocenters. The Morgan fingerprint density at radius 2 is 1.93 bits per heavy atom. The van der Waals surface area contributed by atoms with Crippen LogP contribution < -0.4 is 20.2 Å². The van der Waals surface area contributed by atoms with Crippen molar-refractivity contribution < 1.29 is 32.7 Å². The number of nitrogens with two attached hydrogens (primary N) is 1. The van der Waals surface area contributed by atoms with E-state index in [0.717, 1.165) is 0 Å². The fraction of sp³-hybridized carbons (Fsp3) is 0.567. The minimum Gasteiger partial charge on any atom is -0.543 e. The molecule has 2 rings (SSSR count). The molecule has 0 aliphatic carbocycles. The largest absolute Gasteiger partial charge is 0.543 e. The quantitative estimate of drug-likeness (QED) is 0.0665. The van der Waals surface area contributed by atoms with Crippen LogP contribution in [0.2, 0.25) is 18.1 Å². The van der Waals surface area contributed by atoms with Crippen LogP contribution in [0.15, 0.2) is 23.2 Å². The zero-order chi connectivity index (χ0) is 33.4.